The highest BCUT2D eigenvalue weighted by Gasteiger charge is 2.37. The first-order valence-corrected chi connectivity index (χ1v) is 19.6. The maximum atomic E-state index is 9.82. The van der Waals surface area contributed by atoms with Gasteiger partial charge in [-0.05, 0) is 110 Å². The molecule has 7 aromatic carbocycles. The summed E-state index contributed by atoms with van der Waals surface area (Å²) in [4.78, 5) is 18.9. The maximum Gasteiger partial charge on any atom is 0.196 e. The van der Waals surface area contributed by atoms with E-state index in [0.29, 0.717) is 17.1 Å². The number of rotatable bonds is 6. The molecule has 0 saturated carbocycles. The lowest BCUT2D eigenvalue weighted by Crippen LogP contribution is -2.15. The Labute approximate surface area is 343 Å². The van der Waals surface area contributed by atoms with Crippen LogP contribution >= 0.6 is 0 Å². The lowest BCUT2D eigenvalue weighted by molar-refractivity contribution is 0.660. The van der Waals surface area contributed by atoms with E-state index >= 15 is 0 Å². The number of fused-ring (bicyclic) bond motifs is 4. The Morgan fingerprint density at radius 2 is 1.14 bits per heavy atom. The molecule has 0 aliphatic heterocycles. The van der Waals surface area contributed by atoms with Crippen molar-refractivity contribution < 1.29 is 0 Å². The Bertz CT molecular complexity index is 3190. The molecule has 1 aliphatic rings. The predicted molar refractivity (Wildman–Crippen MR) is 238 cm³/mol. The van der Waals surface area contributed by atoms with Gasteiger partial charge in [-0.1, -0.05) is 129 Å². The highest BCUT2D eigenvalue weighted by molar-refractivity contribution is 5.93. The van der Waals surface area contributed by atoms with Gasteiger partial charge in [0.2, 0.25) is 0 Å². The van der Waals surface area contributed by atoms with E-state index < -0.39 is 5.41 Å². The second-order valence-electron chi connectivity index (χ2n) is 15.5. The number of pyridine rings is 1. The summed E-state index contributed by atoms with van der Waals surface area (Å²) in [6.45, 7) is 12.3. The molecule has 5 nitrogen and oxygen atoms in total. The standard InChI is InChI=1S/C54H35N5/c1-54(2)46-30-40(22-23-45(46)52-47(54)25-34(33-55)26-51(52)56-3)42-27-43(41-21-20-37-15-10-24-57-48(37)31-41)29-44(28-42)50-32-49(58-53(59-50)39-13-8-5-9-14-39)38-18-16-36(17-19-38)35-11-6-4-7-12-35/h4-32H,1-2H3. The Kier molecular flexibility index (Phi) is 8.52. The first kappa shape index (κ1) is 35.4. The number of benzene rings is 7. The Morgan fingerprint density at radius 3 is 1.85 bits per heavy atom. The Morgan fingerprint density at radius 1 is 0.525 bits per heavy atom. The molecule has 0 atom stereocenters. The van der Waals surface area contributed by atoms with E-state index in [0.717, 1.165) is 89.1 Å². The first-order chi connectivity index (χ1) is 28.9. The molecular formula is C54H35N5. The zero-order chi connectivity index (χ0) is 40.1. The number of hydrogen-bond donors (Lipinski definition) is 0. The highest BCUT2D eigenvalue weighted by atomic mass is 14.9. The van der Waals surface area contributed by atoms with Crippen LogP contribution in [0.15, 0.2) is 176 Å². The van der Waals surface area contributed by atoms with Gasteiger partial charge in [-0.3, -0.25) is 4.98 Å². The third kappa shape index (κ3) is 6.32. The van der Waals surface area contributed by atoms with Crippen molar-refractivity contribution in [2.75, 3.05) is 0 Å². The summed E-state index contributed by atoms with van der Waals surface area (Å²) in [7, 11) is 0. The quantitative estimate of drug-likeness (QED) is 0.159. The van der Waals surface area contributed by atoms with Gasteiger partial charge in [-0.2, -0.15) is 5.26 Å². The lowest BCUT2D eigenvalue weighted by atomic mass is 9.81. The van der Waals surface area contributed by atoms with Crippen LogP contribution in [-0.4, -0.2) is 15.0 Å². The van der Waals surface area contributed by atoms with Gasteiger partial charge in [-0.15, -0.1) is 0 Å². The van der Waals surface area contributed by atoms with E-state index in [2.05, 4.69) is 157 Å². The molecule has 0 N–H and O–H groups in total. The van der Waals surface area contributed by atoms with Crippen LogP contribution in [0, 0.1) is 17.9 Å². The third-order valence-electron chi connectivity index (χ3n) is 11.5. The molecule has 59 heavy (non-hydrogen) atoms. The molecule has 2 heterocycles. The van der Waals surface area contributed by atoms with E-state index in [1.54, 1.807) is 6.07 Å². The molecule has 2 aromatic heterocycles. The van der Waals surface area contributed by atoms with Crippen molar-refractivity contribution in [2.24, 2.45) is 0 Å². The van der Waals surface area contributed by atoms with E-state index in [1.807, 2.05) is 42.6 Å². The number of nitriles is 1. The monoisotopic (exact) mass is 753 g/mol. The van der Waals surface area contributed by atoms with Crippen molar-refractivity contribution in [2.45, 2.75) is 19.3 Å². The third-order valence-corrected chi connectivity index (χ3v) is 11.5. The van der Waals surface area contributed by atoms with Crippen molar-refractivity contribution in [1.82, 2.24) is 15.0 Å². The molecule has 9 aromatic rings. The summed E-state index contributed by atoms with van der Waals surface area (Å²) in [6.07, 6.45) is 1.83. The minimum Gasteiger partial charge on any atom is -0.256 e. The SMILES string of the molecule is [C-]#[N+]c1cc(C#N)cc2c1-c1ccc(-c3cc(-c4ccc5cccnc5c4)cc(-c4cc(-c5ccc(-c6ccccc6)cc5)nc(-c5ccccc5)n4)c3)cc1C2(C)C. The van der Waals surface area contributed by atoms with Gasteiger partial charge in [0.25, 0.3) is 0 Å². The molecular weight excluding hydrogens is 719 g/mol. The second kappa shape index (κ2) is 14.2. The van der Waals surface area contributed by atoms with Crippen LogP contribution in [0.2, 0.25) is 0 Å². The van der Waals surface area contributed by atoms with Crippen LogP contribution in [0.5, 0.6) is 0 Å². The molecule has 0 bridgehead atoms. The molecule has 0 fully saturated rings. The topological polar surface area (TPSA) is 66.8 Å². The molecule has 0 amide bonds. The predicted octanol–water partition coefficient (Wildman–Crippen LogP) is 13.8. The zero-order valence-corrected chi connectivity index (χ0v) is 32.5. The molecule has 10 rings (SSSR count). The van der Waals surface area contributed by atoms with Gasteiger partial charge >= 0.3 is 0 Å². The maximum absolute atomic E-state index is 9.82. The van der Waals surface area contributed by atoms with Crippen LogP contribution in [0.3, 0.4) is 0 Å². The van der Waals surface area contributed by atoms with E-state index in [4.69, 9.17) is 16.5 Å². The molecule has 0 unspecified atom stereocenters. The van der Waals surface area contributed by atoms with E-state index in [9.17, 15) is 5.26 Å². The average Bonchev–Trinajstić information content (AvgIpc) is 3.53. The largest absolute Gasteiger partial charge is 0.256 e. The van der Waals surface area contributed by atoms with Gasteiger partial charge in [-0.25, -0.2) is 14.8 Å². The van der Waals surface area contributed by atoms with Crippen molar-refractivity contribution in [3.05, 3.63) is 204 Å². The van der Waals surface area contributed by atoms with Gasteiger partial charge in [0.05, 0.1) is 29.5 Å². The van der Waals surface area contributed by atoms with Crippen molar-refractivity contribution in [3.8, 4) is 84.5 Å². The summed E-state index contributed by atoms with van der Waals surface area (Å²) in [6, 6.07) is 60.8. The van der Waals surface area contributed by atoms with Gasteiger partial charge in [0, 0.05) is 39.3 Å². The number of aromatic nitrogens is 3. The Balaban J connectivity index is 1.16. The van der Waals surface area contributed by atoms with E-state index in [-0.39, 0.29) is 0 Å². The normalized spacial score (nSPS) is 12.3. The molecule has 0 saturated heterocycles. The van der Waals surface area contributed by atoms with Crippen LogP contribution in [0.25, 0.3) is 94.2 Å². The molecule has 5 heteroatoms. The average molecular weight is 754 g/mol. The minimum atomic E-state index is -0.417. The summed E-state index contributed by atoms with van der Waals surface area (Å²) < 4.78 is 0. The zero-order valence-electron chi connectivity index (χ0n) is 32.5. The highest BCUT2D eigenvalue weighted by Crippen LogP contribution is 2.53. The fraction of sp³-hybridized carbons (Fsp3) is 0.0556. The lowest BCUT2D eigenvalue weighted by Gasteiger charge is -2.22. The summed E-state index contributed by atoms with van der Waals surface area (Å²) in [5, 5.41) is 10.9. The summed E-state index contributed by atoms with van der Waals surface area (Å²) in [5.41, 5.74) is 16.6. The molecule has 276 valence electrons. The first-order valence-electron chi connectivity index (χ1n) is 19.6. The van der Waals surface area contributed by atoms with Crippen LogP contribution in [-0.2, 0) is 5.41 Å². The summed E-state index contributed by atoms with van der Waals surface area (Å²) in [5.74, 6) is 0.650. The van der Waals surface area contributed by atoms with Gasteiger partial charge in [0.15, 0.2) is 11.5 Å². The smallest absolute Gasteiger partial charge is 0.196 e. The van der Waals surface area contributed by atoms with Crippen LogP contribution < -0.4 is 0 Å². The van der Waals surface area contributed by atoms with Crippen molar-refractivity contribution >= 4 is 16.6 Å². The van der Waals surface area contributed by atoms with Gasteiger partial charge < -0.3 is 0 Å². The van der Waals surface area contributed by atoms with Gasteiger partial charge in [0.1, 0.15) is 0 Å². The van der Waals surface area contributed by atoms with E-state index in [1.165, 1.54) is 5.56 Å². The fourth-order valence-corrected chi connectivity index (χ4v) is 8.44. The van der Waals surface area contributed by atoms with Crippen molar-refractivity contribution in [3.63, 3.8) is 0 Å². The van der Waals surface area contributed by atoms with Crippen LogP contribution in [0.4, 0.5) is 5.69 Å². The fourth-order valence-electron chi connectivity index (χ4n) is 8.44. The number of hydrogen-bond acceptors (Lipinski definition) is 4. The molecule has 0 spiro atoms. The summed E-state index contributed by atoms with van der Waals surface area (Å²) >= 11 is 0. The van der Waals surface area contributed by atoms with Crippen molar-refractivity contribution in [1.29, 1.82) is 5.26 Å². The minimum absolute atomic E-state index is 0.417. The molecule has 1 aliphatic carbocycles. The van der Waals surface area contributed by atoms with Crippen LogP contribution in [0.1, 0.15) is 30.5 Å². The number of nitrogens with zero attached hydrogens (tertiary/aromatic N) is 5. The second-order valence-corrected chi connectivity index (χ2v) is 15.5. The molecule has 0 radical (unpaired) electrons. The Hall–Kier alpha value is -7.99.